The zero-order chi connectivity index (χ0) is 27.5. The molecule has 3 aromatic rings. The Morgan fingerprint density at radius 3 is 2.82 bits per heavy atom. The molecule has 3 heterocycles. The number of aromatic nitrogens is 2. The van der Waals surface area contributed by atoms with Crippen molar-refractivity contribution in [2.45, 2.75) is 38.4 Å². The molecule has 2 aliphatic heterocycles. The summed E-state index contributed by atoms with van der Waals surface area (Å²) in [6, 6.07) is 9.41. The van der Waals surface area contributed by atoms with E-state index < -0.39 is 17.8 Å². The number of nitrogens with zero attached hydrogens (tertiary/aromatic N) is 3. The summed E-state index contributed by atoms with van der Waals surface area (Å²) in [4.78, 5) is 36.3. The minimum absolute atomic E-state index is 0.161. The molecule has 0 radical (unpaired) electrons. The van der Waals surface area contributed by atoms with Gasteiger partial charge in [0.25, 0.3) is 5.91 Å². The standard InChI is InChI=1S/C28H29ClFN5O4/c1-16(21-12-20(38-2)5-6-24(21)30)32-25(36)15-35-14-18-4-3-17(11-22(18)27(35)37)26-23(29)13-31-28(34-26)33-19-7-9-39-10-8-19/h3-6,11-13,16,19H,7-10,14-15H2,1-2H3,(H,32,36)(H,31,33,34)/t16-/m1/s1. The Balaban J connectivity index is 1.27. The quantitative estimate of drug-likeness (QED) is 0.427. The van der Waals surface area contributed by atoms with E-state index in [0.717, 1.165) is 18.4 Å². The Morgan fingerprint density at radius 1 is 1.26 bits per heavy atom. The number of rotatable bonds is 8. The van der Waals surface area contributed by atoms with Crippen molar-refractivity contribution >= 4 is 29.4 Å². The van der Waals surface area contributed by atoms with Crippen LogP contribution in [0.25, 0.3) is 11.3 Å². The highest BCUT2D eigenvalue weighted by Gasteiger charge is 2.30. The molecule has 5 rings (SSSR count). The molecule has 204 valence electrons. The average molecular weight is 554 g/mol. The Labute approximate surface area is 230 Å². The van der Waals surface area contributed by atoms with Gasteiger partial charge in [-0.05, 0) is 49.6 Å². The van der Waals surface area contributed by atoms with Crippen molar-refractivity contribution in [2.75, 3.05) is 32.2 Å². The van der Waals surface area contributed by atoms with Gasteiger partial charge < -0.3 is 25.0 Å². The largest absolute Gasteiger partial charge is 0.497 e. The smallest absolute Gasteiger partial charge is 0.254 e. The van der Waals surface area contributed by atoms with Crippen molar-refractivity contribution in [2.24, 2.45) is 0 Å². The molecule has 1 aromatic heterocycles. The number of hydrogen-bond acceptors (Lipinski definition) is 7. The predicted octanol–water partition coefficient (Wildman–Crippen LogP) is 4.37. The number of carbonyl (C=O) groups is 2. The summed E-state index contributed by atoms with van der Waals surface area (Å²) >= 11 is 6.43. The van der Waals surface area contributed by atoms with Gasteiger partial charge in [0.2, 0.25) is 11.9 Å². The molecule has 2 N–H and O–H groups in total. The Hall–Kier alpha value is -3.76. The highest BCUT2D eigenvalue weighted by molar-refractivity contribution is 6.33. The molecular weight excluding hydrogens is 525 g/mol. The van der Waals surface area contributed by atoms with Gasteiger partial charge >= 0.3 is 0 Å². The van der Waals surface area contributed by atoms with E-state index in [0.29, 0.717) is 52.3 Å². The number of amides is 2. The van der Waals surface area contributed by atoms with E-state index in [2.05, 4.69) is 20.6 Å². The van der Waals surface area contributed by atoms with Crippen molar-refractivity contribution in [3.05, 3.63) is 70.1 Å². The van der Waals surface area contributed by atoms with E-state index in [1.165, 1.54) is 24.1 Å². The van der Waals surface area contributed by atoms with Crippen LogP contribution in [-0.4, -0.2) is 59.6 Å². The third-order valence-electron chi connectivity index (χ3n) is 6.94. The molecule has 9 nitrogen and oxygen atoms in total. The first-order valence-corrected chi connectivity index (χ1v) is 13.1. The van der Waals surface area contributed by atoms with Gasteiger partial charge in [0.15, 0.2) is 0 Å². The molecule has 1 saturated heterocycles. The van der Waals surface area contributed by atoms with Crippen LogP contribution in [-0.2, 0) is 16.1 Å². The molecule has 11 heteroatoms. The Bertz CT molecular complexity index is 1400. The van der Waals surface area contributed by atoms with Crippen LogP contribution in [0.1, 0.15) is 47.3 Å². The van der Waals surface area contributed by atoms with Crippen molar-refractivity contribution in [1.82, 2.24) is 20.2 Å². The lowest BCUT2D eigenvalue weighted by Gasteiger charge is -2.23. The first-order valence-electron chi connectivity index (χ1n) is 12.7. The second kappa shape index (κ2) is 11.5. The first-order chi connectivity index (χ1) is 18.8. The SMILES string of the molecule is COc1ccc(F)c([C@@H](C)NC(=O)CN2Cc3ccc(-c4nc(NC5CCOCC5)ncc4Cl)cc3C2=O)c1. The molecule has 0 bridgehead atoms. The van der Waals surface area contributed by atoms with Crippen LogP contribution in [0.5, 0.6) is 5.75 Å². The maximum absolute atomic E-state index is 14.3. The number of carbonyl (C=O) groups excluding carboxylic acids is 2. The molecule has 2 aliphatic rings. The van der Waals surface area contributed by atoms with E-state index >= 15 is 0 Å². The van der Waals surface area contributed by atoms with Gasteiger partial charge in [-0.25, -0.2) is 14.4 Å². The normalized spacial score (nSPS) is 16.1. The van der Waals surface area contributed by atoms with Crippen LogP contribution in [0.15, 0.2) is 42.6 Å². The highest BCUT2D eigenvalue weighted by Crippen LogP contribution is 2.32. The summed E-state index contributed by atoms with van der Waals surface area (Å²) in [6.07, 6.45) is 3.28. The molecule has 0 aliphatic carbocycles. The summed E-state index contributed by atoms with van der Waals surface area (Å²) in [5.74, 6) is -0.159. The van der Waals surface area contributed by atoms with Crippen LogP contribution >= 0.6 is 11.6 Å². The molecule has 0 unspecified atom stereocenters. The summed E-state index contributed by atoms with van der Waals surface area (Å²) in [5.41, 5.74) is 2.78. The van der Waals surface area contributed by atoms with Gasteiger partial charge in [-0.3, -0.25) is 9.59 Å². The van der Waals surface area contributed by atoms with Gasteiger partial charge in [0, 0.05) is 42.5 Å². The zero-order valence-corrected chi connectivity index (χ0v) is 22.4. The lowest BCUT2D eigenvalue weighted by molar-refractivity contribution is -0.122. The van der Waals surface area contributed by atoms with Gasteiger partial charge in [-0.2, -0.15) is 0 Å². The van der Waals surface area contributed by atoms with E-state index in [1.54, 1.807) is 25.3 Å². The van der Waals surface area contributed by atoms with Crippen molar-refractivity contribution in [3.63, 3.8) is 0 Å². The monoisotopic (exact) mass is 553 g/mol. The number of nitrogens with one attached hydrogen (secondary N) is 2. The first kappa shape index (κ1) is 26.8. The fraction of sp³-hybridized carbons (Fsp3) is 0.357. The molecule has 2 amide bonds. The number of fused-ring (bicyclic) bond motifs is 1. The molecule has 1 atom stereocenters. The van der Waals surface area contributed by atoms with Crippen LogP contribution in [0.2, 0.25) is 5.02 Å². The summed E-state index contributed by atoms with van der Waals surface area (Å²) in [6.45, 7) is 3.19. The fourth-order valence-corrected chi connectivity index (χ4v) is 5.02. The average Bonchev–Trinajstić information content (AvgIpc) is 3.24. The topological polar surface area (TPSA) is 106 Å². The second-order valence-electron chi connectivity index (χ2n) is 9.63. The molecule has 0 saturated carbocycles. The van der Waals surface area contributed by atoms with Gasteiger partial charge in [0.1, 0.15) is 18.1 Å². The van der Waals surface area contributed by atoms with E-state index in [9.17, 15) is 14.0 Å². The second-order valence-corrected chi connectivity index (χ2v) is 10.0. The predicted molar refractivity (Wildman–Crippen MR) is 144 cm³/mol. The van der Waals surface area contributed by atoms with Crippen molar-refractivity contribution < 1.29 is 23.5 Å². The van der Waals surface area contributed by atoms with E-state index in [-0.39, 0.29) is 25.0 Å². The van der Waals surface area contributed by atoms with Crippen molar-refractivity contribution in [1.29, 1.82) is 0 Å². The molecule has 0 spiro atoms. The van der Waals surface area contributed by atoms with Crippen LogP contribution in [0.3, 0.4) is 0 Å². The minimum Gasteiger partial charge on any atom is -0.497 e. The number of ether oxygens (including phenoxy) is 2. The lowest BCUT2D eigenvalue weighted by atomic mass is 10.0. The van der Waals surface area contributed by atoms with Crippen LogP contribution in [0, 0.1) is 5.82 Å². The number of anilines is 1. The molecule has 39 heavy (non-hydrogen) atoms. The summed E-state index contributed by atoms with van der Waals surface area (Å²) in [5, 5.41) is 6.47. The fourth-order valence-electron chi connectivity index (χ4n) is 4.82. The maximum Gasteiger partial charge on any atom is 0.254 e. The van der Waals surface area contributed by atoms with Gasteiger partial charge in [-0.15, -0.1) is 0 Å². The van der Waals surface area contributed by atoms with Gasteiger partial charge in [-0.1, -0.05) is 23.7 Å². The van der Waals surface area contributed by atoms with E-state index in [1.807, 2.05) is 12.1 Å². The van der Waals surface area contributed by atoms with Crippen LogP contribution < -0.4 is 15.4 Å². The minimum atomic E-state index is -0.608. The van der Waals surface area contributed by atoms with Gasteiger partial charge in [0.05, 0.1) is 30.1 Å². The number of halogens is 2. The molecular formula is C28H29ClFN5O4. The Morgan fingerprint density at radius 2 is 2.05 bits per heavy atom. The third kappa shape index (κ3) is 5.97. The van der Waals surface area contributed by atoms with Crippen LogP contribution in [0.4, 0.5) is 10.3 Å². The summed E-state index contributed by atoms with van der Waals surface area (Å²) < 4.78 is 24.9. The highest BCUT2D eigenvalue weighted by atomic mass is 35.5. The molecule has 1 fully saturated rings. The number of hydrogen-bond donors (Lipinski definition) is 2. The third-order valence-corrected chi connectivity index (χ3v) is 7.22. The zero-order valence-electron chi connectivity index (χ0n) is 21.7. The van der Waals surface area contributed by atoms with E-state index in [4.69, 9.17) is 21.1 Å². The van der Waals surface area contributed by atoms with Crippen molar-refractivity contribution in [3.8, 4) is 17.0 Å². The molecule has 2 aromatic carbocycles. The lowest BCUT2D eigenvalue weighted by Crippen LogP contribution is -2.38. The number of benzene rings is 2. The number of methoxy groups -OCH3 is 1. The Kier molecular flexibility index (Phi) is 7.94. The maximum atomic E-state index is 14.3. The summed E-state index contributed by atoms with van der Waals surface area (Å²) in [7, 11) is 1.49.